The number of carbonyl (C=O) groups excluding carboxylic acids is 1. The van der Waals surface area contributed by atoms with Crippen LogP contribution in [0.25, 0.3) is 0 Å². The number of nitrogens with two attached hydrogens (primary N) is 1. The van der Waals surface area contributed by atoms with E-state index >= 15 is 0 Å². The summed E-state index contributed by atoms with van der Waals surface area (Å²) in [6, 6.07) is 9.64. The average Bonchev–Trinajstić information content (AvgIpc) is 3.01. The highest BCUT2D eigenvalue weighted by atomic mass is 79.9. The van der Waals surface area contributed by atoms with Gasteiger partial charge in [-0.25, -0.2) is 0 Å². The number of amides is 1. The van der Waals surface area contributed by atoms with Crippen molar-refractivity contribution in [2.45, 2.75) is 25.0 Å². The highest BCUT2D eigenvalue weighted by Gasteiger charge is 2.35. The monoisotopic (exact) mass is 364 g/mol. The number of carbonyl (C=O) groups is 1. The molecule has 2 atom stereocenters. The zero-order chi connectivity index (χ0) is 15.9. The molecule has 0 saturated heterocycles. The molecule has 3 rings (SSSR count). The number of hydrogen-bond acceptors (Lipinski definition) is 4. The van der Waals surface area contributed by atoms with Crippen molar-refractivity contribution in [1.82, 2.24) is 0 Å². The third kappa shape index (κ3) is 2.76. The van der Waals surface area contributed by atoms with Crippen molar-refractivity contribution in [3.8, 4) is 0 Å². The number of aliphatic hydroxyl groups excluding tert-OH is 1. The minimum Gasteiger partial charge on any atom is -0.434 e. The quantitative estimate of drug-likeness (QED) is 0.870. The molecule has 1 aromatic carbocycles. The Morgan fingerprint density at radius 1 is 1.45 bits per heavy atom. The number of furan rings is 1. The van der Waals surface area contributed by atoms with Gasteiger partial charge in [-0.15, -0.1) is 0 Å². The van der Waals surface area contributed by atoms with E-state index in [1.165, 1.54) is 0 Å². The van der Waals surface area contributed by atoms with Gasteiger partial charge in [-0.3, -0.25) is 4.79 Å². The molecule has 0 radical (unpaired) electrons. The first-order valence-corrected chi connectivity index (χ1v) is 7.80. The van der Waals surface area contributed by atoms with E-state index in [4.69, 9.17) is 10.2 Å². The molecule has 1 amide bonds. The molecule has 0 unspecified atom stereocenters. The summed E-state index contributed by atoms with van der Waals surface area (Å²) in [6.45, 7) is 0.634. The third-order valence-corrected chi connectivity index (χ3v) is 4.45. The summed E-state index contributed by atoms with van der Waals surface area (Å²) in [4.78, 5) is 13.5. The molecule has 0 saturated carbocycles. The number of nitrogens with zero attached hydrogens (tertiary/aromatic N) is 1. The maximum Gasteiger partial charge on any atom is 0.227 e. The lowest BCUT2D eigenvalue weighted by Gasteiger charge is -2.17. The van der Waals surface area contributed by atoms with Crippen molar-refractivity contribution in [2.24, 2.45) is 5.73 Å². The van der Waals surface area contributed by atoms with Gasteiger partial charge in [0.1, 0.15) is 0 Å². The normalized spacial score (nSPS) is 20.0. The fraction of sp³-hybridized carbons (Fsp3) is 0.312. The third-order valence-electron chi connectivity index (χ3n) is 4.02. The van der Waals surface area contributed by atoms with E-state index in [1.807, 2.05) is 42.3 Å². The van der Waals surface area contributed by atoms with E-state index in [0.29, 0.717) is 17.6 Å². The minimum absolute atomic E-state index is 0.476. The lowest BCUT2D eigenvalue weighted by atomic mass is 9.97. The molecular weight excluding hydrogens is 348 g/mol. The van der Waals surface area contributed by atoms with Gasteiger partial charge in [-0.1, -0.05) is 18.2 Å². The lowest BCUT2D eigenvalue weighted by molar-refractivity contribution is -0.121. The molecule has 1 aliphatic carbocycles. The van der Waals surface area contributed by atoms with E-state index in [-0.39, 0.29) is 0 Å². The predicted octanol–water partition coefficient (Wildman–Crippen LogP) is 2.16. The molecule has 0 bridgehead atoms. The molecule has 0 aliphatic heterocycles. The van der Waals surface area contributed by atoms with Crippen molar-refractivity contribution in [2.75, 3.05) is 11.9 Å². The number of primary amides is 1. The van der Waals surface area contributed by atoms with Crippen molar-refractivity contribution >= 4 is 27.7 Å². The average molecular weight is 365 g/mol. The smallest absolute Gasteiger partial charge is 0.227 e. The Morgan fingerprint density at radius 3 is 2.86 bits per heavy atom. The molecule has 0 fully saturated rings. The number of fused-ring (bicyclic) bond motifs is 1. The number of anilines is 1. The van der Waals surface area contributed by atoms with E-state index in [1.54, 1.807) is 0 Å². The second-order valence-corrected chi connectivity index (χ2v) is 6.40. The maximum absolute atomic E-state index is 11.6. The Balaban J connectivity index is 1.84. The van der Waals surface area contributed by atoms with Crippen LogP contribution in [0, 0.1) is 0 Å². The summed E-state index contributed by atoms with van der Waals surface area (Å²) in [5.41, 5.74) is 8.28. The zero-order valence-electron chi connectivity index (χ0n) is 12.1. The van der Waals surface area contributed by atoms with Gasteiger partial charge >= 0.3 is 0 Å². The first-order valence-electron chi connectivity index (χ1n) is 7.01. The minimum atomic E-state index is -0.721. The first-order chi connectivity index (χ1) is 10.5. The van der Waals surface area contributed by atoms with Gasteiger partial charge in [-0.05, 0) is 45.1 Å². The Labute approximate surface area is 136 Å². The highest BCUT2D eigenvalue weighted by Crippen LogP contribution is 2.34. The van der Waals surface area contributed by atoms with Crippen LogP contribution in [0.1, 0.15) is 22.6 Å². The summed E-state index contributed by atoms with van der Waals surface area (Å²) in [7, 11) is 1.93. The van der Waals surface area contributed by atoms with Gasteiger partial charge in [0.15, 0.2) is 10.6 Å². The molecule has 1 heterocycles. The number of benzene rings is 1. The zero-order valence-corrected chi connectivity index (χ0v) is 13.7. The number of hydrogen-bond donors (Lipinski definition) is 2. The van der Waals surface area contributed by atoms with E-state index in [0.717, 1.165) is 22.6 Å². The van der Waals surface area contributed by atoms with Crippen molar-refractivity contribution < 1.29 is 14.3 Å². The summed E-state index contributed by atoms with van der Waals surface area (Å²) in [5.74, 6) is -0.344. The van der Waals surface area contributed by atoms with Crippen LogP contribution < -0.4 is 10.6 Å². The maximum atomic E-state index is 11.6. The number of rotatable bonds is 4. The van der Waals surface area contributed by atoms with Crippen LogP contribution in [0.15, 0.2) is 39.4 Å². The fourth-order valence-corrected chi connectivity index (χ4v) is 3.27. The molecule has 2 aromatic rings. The summed E-state index contributed by atoms with van der Waals surface area (Å²) < 4.78 is 6.20. The molecule has 0 spiro atoms. The SMILES string of the molecule is CN(Cc1ccc2c(c1)[C@@H](C(N)=O)[C@H](O)C2)c1ccc(Br)o1. The highest BCUT2D eigenvalue weighted by molar-refractivity contribution is 9.10. The predicted molar refractivity (Wildman–Crippen MR) is 86.6 cm³/mol. The lowest BCUT2D eigenvalue weighted by Crippen LogP contribution is -2.28. The Bertz CT molecular complexity index is 713. The van der Waals surface area contributed by atoms with Gasteiger partial charge in [0, 0.05) is 19.7 Å². The van der Waals surface area contributed by atoms with Crippen LogP contribution in [0.3, 0.4) is 0 Å². The standard InChI is InChI=1S/C16H17BrN2O3/c1-19(14-5-4-13(17)22-14)8-9-2-3-10-7-12(20)15(16(18)21)11(10)6-9/h2-6,12,15,20H,7-8H2,1H3,(H2,18,21)/t12-,15-/m1/s1. The topological polar surface area (TPSA) is 79.7 Å². The van der Waals surface area contributed by atoms with Crippen molar-refractivity contribution in [3.63, 3.8) is 0 Å². The van der Waals surface area contributed by atoms with Crippen LogP contribution in [0.5, 0.6) is 0 Å². The summed E-state index contributed by atoms with van der Waals surface area (Å²) >= 11 is 3.28. The fourth-order valence-electron chi connectivity index (χ4n) is 2.97. The molecule has 116 valence electrons. The number of halogens is 1. The van der Waals surface area contributed by atoms with E-state index < -0.39 is 17.9 Å². The van der Waals surface area contributed by atoms with Gasteiger partial charge in [0.2, 0.25) is 5.91 Å². The molecule has 22 heavy (non-hydrogen) atoms. The summed E-state index contributed by atoms with van der Waals surface area (Å²) in [5, 5.41) is 10.0. The van der Waals surface area contributed by atoms with Crippen molar-refractivity contribution in [3.05, 3.63) is 51.7 Å². The molecular formula is C16H17BrN2O3. The first kappa shape index (κ1) is 15.1. The Morgan fingerprint density at radius 2 is 2.23 bits per heavy atom. The van der Waals surface area contributed by atoms with E-state index in [2.05, 4.69) is 15.9 Å². The van der Waals surface area contributed by atoms with Crippen LogP contribution in [-0.2, 0) is 17.8 Å². The second kappa shape index (κ2) is 5.78. The van der Waals surface area contributed by atoms with E-state index in [9.17, 15) is 9.90 Å². The number of aliphatic hydroxyl groups is 1. The van der Waals surface area contributed by atoms with Gasteiger partial charge in [0.05, 0.1) is 12.0 Å². The molecule has 3 N–H and O–H groups in total. The Hall–Kier alpha value is -1.79. The van der Waals surface area contributed by atoms with Gasteiger partial charge < -0.3 is 20.2 Å². The second-order valence-electron chi connectivity index (χ2n) is 5.62. The van der Waals surface area contributed by atoms with Crippen LogP contribution in [0.4, 0.5) is 5.88 Å². The van der Waals surface area contributed by atoms with Crippen LogP contribution in [0.2, 0.25) is 0 Å². The largest absolute Gasteiger partial charge is 0.434 e. The van der Waals surface area contributed by atoms with Gasteiger partial charge in [0.25, 0.3) is 0 Å². The van der Waals surface area contributed by atoms with Crippen LogP contribution >= 0.6 is 15.9 Å². The summed E-state index contributed by atoms with van der Waals surface area (Å²) in [6.07, 6.45) is -0.244. The molecule has 1 aromatic heterocycles. The van der Waals surface area contributed by atoms with Crippen LogP contribution in [-0.4, -0.2) is 24.2 Å². The van der Waals surface area contributed by atoms with Gasteiger partial charge in [-0.2, -0.15) is 0 Å². The molecule has 1 aliphatic rings. The molecule has 6 heteroatoms. The molecule has 5 nitrogen and oxygen atoms in total. The van der Waals surface area contributed by atoms with Crippen molar-refractivity contribution in [1.29, 1.82) is 0 Å². The Kier molecular flexibility index (Phi) is 3.97.